The zero-order chi connectivity index (χ0) is 12.3. The number of hydrogen-bond acceptors (Lipinski definition) is 3. The summed E-state index contributed by atoms with van der Waals surface area (Å²) < 4.78 is 5.60. The first-order valence-electron chi connectivity index (χ1n) is 5.59. The summed E-state index contributed by atoms with van der Waals surface area (Å²) in [7, 11) is 0. The van der Waals surface area contributed by atoms with Gasteiger partial charge < -0.3 is 10.5 Å². The molecule has 17 heavy (non-hydrogen) atoms. The molecular weight excluding hydrogens is 214 g/mol. The second-order valence-electron chi connectivity index (χ2n) is 3.80. The Labute approximate surface area is 99.9 Å². The first-order chi connectivity index (χ1) is 8.22. The van der Waals surface area contributed by atoms with Crippen LogP contribution in [0.15, 0.2) is 30.3 Å². The molecule has 0 bridgehead atoms. The molecule has 1 aromatic heterocycles. The first kappa shape index (κ1) is 11.4. The molecule has 0 fully saturated rings. The average Bonchev–Trinajstić information content (AvgIpc) is 2.35. The molecule has 3 N–H and O–H groups in total. The van der Waals surface area contributed by atoms with E-state index in [9.17, 15) is 0 Å². The fraction of sp³-hybridized carbons (Fsp3) is 0.231. The van der Waals surface area contributed by atoms with E-state index in [1.165, 1.54) is 0 Å². The lowest BCUT2D eigenvalue weighted by Gasteiger charge is -2.09. The SMILES string of the molecule is CCCOc1nc(C(=N)N)cc2ccccc12. The van der Waals surface area contributed by atoms with Crippen molar-refractivity contribution in [3.05, 3.63) is 36.0 Å². The van der Waals surface area contributed by atoms with Gasteiger partial charge in [-0.1, -0.05) is 25.1 Å². The molecule has 0 radical (unpaired) electrons. The smallest absolute Gasteiger partial charge is 0.222 e. The van der Waals surface area contributed by atoms with Gasteiger partial charge in [0.15, 0.2) is 0 Å². The number of benzene rings is 1. The zero-order valence-corrected chi connectivity index (χ0v) is 9.73. The molecular formula is C13H15N3O. The highest BCUT2D eigenvalue weighted by Gasteiger charge is 2.08. The van der Waals surface area contributed by atoms with E-state index in [1.807, 2.05) is 31.2 Å². The van der Waals surface area contributed by atoms with Crippen molar-refractivity contribution in [3.8, 4) is 5.88 Å². The van der Waals surface area contributed by atoms with Gasteiger partial charge in [0.1, 0.15) is 11.5 Å². The topological polar surface area (TPSA) is 72.0 Å². The minimum absolute atomic E-state index is 0.0444. The quantitative estimate of drug-likeness (QED) is 0.624. The Kier molecular flexibility index (Phi) is 3.23. The van der Waals surface area contributed by atoms with Gasteiger partial charge in [-0.2, -0.15) is 0 Å². The molecule has 0 amide bonds. The molecule has 0 atom stereocenters. The zero-order valence-electron chi connectivity index (χ0n) is 9.73. The molecule has 0 unspecified atom stereocenters. The fourth-order valence-electron chi connectivity index (χ4n) is 1.61. The van der Waals surface area contributed by atoms with E-state index in [4.69, 9.17) is 15.9 Å². The van der Waals surface area contributed by atoms with Crippen molar-refractivity contribution in [2.75, 3.05) is 6.61 Å². The van der Waals surface area contributed by atoms with E-state index in [-0.39, 0.29) is 5.84 Å². The third-order valence-corrected chi connectivity index (χ3v) is 2.42. The Morgan fingerprint density at radius 1 is 1.41 bits per heavy atom. The number of aromatic nitrogens is 1. The van der Waals surface area contributed by atoms with Crippen molar-refractivity contribution in [1.82, 2.24) is 4.98 Å². The molecule has 0 aliphatic rings. The van der Waals surface area contributed by atoms with Gasteiger partial charge in [-0.15, -0.1) is 0 Å². The monoisotopic (exact) mass is 229 g/mol. The molecule has 4 nitrogen and oxygen atoms in total. The van der Waals surface area contributed by atoms with Crippen LogP contribution < -0.4 is 10.5 Å². The lowest BCUT2D eigenvalue weighted by molar-refractivity contribution is 0.309. The molecule has 0 aliphatic carbocycles. The van der Waals surface area contributed by atoms with Gasteiger partial charge in [-0.25, -0.2) is 4.98 Å². The highest BCUT2D eigenvalue weighted by molar-refractivity contribution is 5.98. The lowest BCUT2D eigenvalue weighted by atomic mass is 10.1. The second-order valence-corrected chi connectivity index (χ2v) is 3.80. The third kappa shape index (κ3) is 2.36. The standard InChI is InChI=1S/C13H15N3O/c1-2-7-17-13-10-6-4-3-5-9(10)8-11(16-13)12(14)15/h3-6,8H,2,7H2,1H3,(H3,14,15). The predicted octanol–water partition coefficient (Wildman–Crippen LogP) is 2.31. The molecule has 1 aromatic carbocycles. The van der Waals surface area contributed by atoms with Crippen molar-refractivity contribution >= 4 is 16.6 Å². The molecule has 2 aromatic rings. The van der Waals surface area contributed by atoms with Crippen molar-refractivity contribution in [1.29, 1.82) is 5.41 Å². The molecule has 0 saturated heterocycles. The van der Waals surface area contributed by atoms with Gasteiger partial charge in [-0.05, 0) is 23.9 Å². The summed E-state index contributed by atoms with van der Waals surface area (Å²) in [4.78, 5) is 4.27. The van der Waals surface area contributed by atoms with E-state index in [0.717, 1.165) is 17.2 Å². The highest BCUT2D eigenvalue weighted by Crippen LogP contribution is 2.24. The summed E-state index contributed by atoms with van der Waals surface area (Å²) in [5.41, 5.74) is 5.92. The van der Waals surface area contributed by atoms with E-state index in [1.54, 1.807) is 6.07 Å². The van der Waals surface area contributed by atoms with Crippen LogP contribution in [-0.2, 0) is 0 Å². The van der Waals surface area contributed by atoms with E-state index in [2.05, 4.69) is 4.98 Å². The van der Waals surface area contributed by atoms with Gasteiger partial charge in [0.05, 0.1) is 6.61 Å². The maximum absolute atomic E-state index is 7.44. The molecule has 0 aliphatic heterocycles. The number of nitrogen functional groups attached to an aromatic ring is 1. The summed E-state index contributed by atoms with van der Waals surface area (Å²) in [6.07, 6.45) is 0.917. The van der Waals surface area contributed by atoms with Crippen LogP contribution in [0.25, 0.3) is 10.8 Å². The van der Waals surface area contributed by atoms with Crippen LogP contribution >= 0.6 is 0 Å². The Bertz CT molecular complexity index is 551. The summed E-state index contributed by atoms with van der Waals surface area (Å²) in [5, 5.41) is 9.38. The minimum atomic E-state index is -0.0444. The van der Waals surface area contributed by atoms with E-state index >= 15 is 0 Å². The van der Waals surface area contributed by atoms with Crippen molar-refractivity contribution in [2.24, 2.45) is 5.73 Å². The minimum Gasteiger partial charge on any atom is -0.477 e. The fourth-order valence-corrected chi connectivity index (χ4v) is 1.61. The second kappa shape index (κ2) is 4.82. The van der Waals surface area contributed by atoms with Gasteiger partial charge in [-0.3, -0.25) is 5.41 Å². The number of fused-ring (bicyclic) bond motifs is 1. The van der Waals surface area contributed by atoms with Gasteiger partial charge in [0, 0.05) is 5.39 Å². The highest BCUT2D eigenvalue weighted by atomic mass is 16.5. The summed E-state index contributed by atoms with van der Waals surface area (Å²) in [6.45, 7) is 2.65. The number of ether oxygens (including phenoxy) is 1. The van der Waals surface area contributed by atoms with Crippen molar-refractivity contribution < 1.29 is 4.74 Å². The number of amidine groups is 1. The molecule has 1 heterocycles. The maximum atomic E-state index is 7.44. The average molecular weight is 229 g/mol. The van der Waals surface area contributed by atoms with Crippen LogP contribution in [0.4, 0.5) is 0 Å². The van der Waals surface area contributed by atoms with Crippen LogP contribution in [0.1, 0.15) is 19.0 Å². The molecule has 4 heteroatoms. The first-order valence-corrected chi connectivity index (χ1v) is 5.59. The van der Waals surface area contributed by atoms with Crippen LogP contribution in [0.2, 0.25) is 0 Å². The van der Waals surface area contributed by atoms with Crippen LogP contribution in [0, 0.1) is 5.41 Å². The normalized spacial score (nSPS) is 10.4. The largest absolute Gasteiger partial charge is 0.477 e. The van der Waals surface area contributed by atoms with Gasteiger partial charge in [0.25, 0.3) is 0 Å². The number of pyridine rings is 1. The molecule has 0 saturated carbocycles. The molecule has 0 spiro atoms. The lowest BCUT2D eigenvalue weighted by Crippen LogP contribution is -2.14. The Morgan fingerprint density at radius 3 is 2.88 bits per heavy atom. The Morgan fingerprint density at radius 2 is 2.18 bits per heavy atom. The Hall–Kier alpha value is -2.10. The third-order valence-electron chi connectivity index (χ3n) is 2.42. The number of nitrogens with two attached hydrogens (primary N) is 1. The van der Waals surface area contributed by atoms with Crippen LogP contribution in [-0.4, -0.2) is 17.4 Å². The van der Waals surface area contributed by atoms with Crippen molar-refractivity contribution in [3.63, 3.8) is 0 Å². The molecule has 88 valence electrons. The maximum Gasteiger partial charge on any atom is 0.222 e. The van der Waals surface area contributed by atoms with Crippen LogP contribution in [0.3, 0.4) is 0 Å². The Balaban J connectivity index is 2.56. The number of hydrogen-bond donors (Lipinski definition) is 2. The summed E-state index contributed by atoms with van der Waals surface area (Å²) in [6, 6.07) is 9.60. The van der Waals surface area contributed by atoms with Crippen molar-refractivity contribution in [2.45, 2.75) is 13.3 Å². The van der Waals surface area contributed by atoms with E-state index < -0.39 is 0 Å². The molecule has 2 rings (SSSR count). The summed E-state index contributed by atoms with van der Waals surface area (Å²) in [5.74, 6) is 0.507. The number of nitrogens with one attached hydrogen (secondary N) is 1. The summed E-state index contributed by atoms with van der Waals surface area (Å²) >= 11 is 0. The number of nitrogens with zero attached hydrogens (tertiary/aromatic N) is 1. The van der Waals surface area contributed by atoms with Gasteiger partial charge >= 0.3 is 0 Å². The predicted molar refractivity (Wildman–Crippen MR) is 68.5 cm³/mol. The van der Waals surface area contributed by atoms with Crippen LogP contribution in [0.5, 0.6) is 5.88 Å². The van der Waals surface area contributed by atoms with E-state index in [0.29, 0.717) is 18.2 Å². The number of rotatable bonds is 4. The van der Waals surface area contributed by atoms with Gasteiger partial charge in [0.2, 0.25) is 5.88 Å².